The van der Waals surface area contributed by atoms with Crippen LogP contribution in [0.25, 0.3) is 10.4 Å². The van der Waals surface area contributed by atoms with Crippen LogP contribution in [-0.4, -0.2) is 57.7 Å². The number of ether oxygens (including phenoxy) is 1. The van der Waals surface area contributed by atoms with Crippen LogP contribution >= 0.6 is 0 Å². The van der Waals surface area contributed by atoms with Crippen LogP contribution in [0.3, 0.4) is 0 Å². The monoisotopic (exact) mass is 205 g/mol. The minimum absolute atomic E-state index is 0.539. The molecule has 0 radical (unpaired) electrons. The zero-order valence-electron chi connectivity index (χ0n) is 7.13. The van der Waals surface area contributed by atoms with E-state index in [1.165, 1.54) is 0 Å². The minimum atomic E-state index is -1.58. The predicted octanol–water partition coefficient (Wildman–Crippen LogP) is -1.90. The van der Waals surface area contributed by atoms with Gasteiger partial charge in [0.15, 0.2) is 6.29 Å². The average molecular weight is 205 g/mol. The van der Waals surface area contributed by atoms with Crippen molar-refractivity contribution in [3.8, 4) is 0 Å². The molecule has 0 bridgehead atoms. The van der Waals surface area contributed by atoms with E-state index in [9.17, 15) is 10.2 Å². The molecule has 14 heavy (non-hydrogen) atoms. The van der Waals surface area contributed by atoms with Crippen LogP contribution in [0.4, 0.5) is 0 Å². The summed E-state index contributed by atoms with van der Waals surface area (Å²) in [7, 11) is 0. The molecule has 5 atom stereocenters. The number of azide groups is 1. The molecule has 1 heterocycles. The first-order valence-electron chi connectivity index (χ1n) is 3.96. The number of nitrogens with zero attached hydrogens (tertiary/aromatic N) is 3. The van der Waals surface area contributed by atoms with E-state index in [0.717, 1.165) is 0 Å². The summed E-state index contributed by atoms with van der Waals surface area (Å²) < 4.78 is 4.66. The van der Waals surface area contributed by atoms with Gasteiger partial charge in [-0.15, -0.1) is 0 Å². The van der Waals surface area contributed by atoms with Crippen molar-refractivity contribution in [2.45, 2.75) is 30.6 Å². The van der Waals surface area contributed by atoms with Gasteiger partial charge in [-0.25, -0.2) is 0 Å². The molecule has 80 valence electrons. The van der Waals surface area contributed by atoms with E-state index in [1.807, 2.05) is 0 Å². The first-order valence-corrected chi connectivity index (χ1v) is 3.96. The van der Waals surface area contributed by atoms with E-state index >= 15 is 0 Å². The first kappa shape index (κ1) is 11.2. The SMILES string of the molecule is [N-]=[N+]=N[C@@H]1[C@@H](O)[C@H](O)O[C@H](CO)[C@H]1O. The third-order valence-electron chi connectivity index (χ3n) is 2.05. The molecule has 1 saturated heterocycles. The molecular weight excluding hydrogens is 194 g/mol. The Morgan fingerprint density at radius 1 is 1.29 bits per heavy atom. The Morgan fingerprint density at radius 3 is 2.43 bits per heavy atom. The van der Waals surface area contributed by atoms with Gasteiger partial charge in [-0.2, -0.15) is 0 Å². The van der Waals surface area contributed by atoms with Crippen LogP contribution in [0.2, 0.25) is 0 Å². The van der Waals surface area contributed by atoms with Gasteiger partial charge in [0.25, 0.3) is 0 Å². The molecule has 1 aliphatic rings. The fourth-order valence-electron chi connectivity index (χ4n) is 1.28. The van der Waals surface area contributed by atoms with E-state index in [2.05, 4.69) is 14.8 Å². The summed E-state index contributed by atoms with van der Waals surface area (Å²) >= 11 is 0. The Kier molecular flexibility index (Phi) is 3.64. The van der Waals surface area contributed by atoms with Gasteiger partial charge in [-0.05, 0) is 5.53 Å². The standard InChI is InChI=1S/C6H11N3O5/c7-9-8-3-4(11)2(1-10)14-6(13)5(3)12/h2-6,10-13H,1H2/t2-,3+,4-,5-,6-/m1/s1. The highest BCUT2D eigenvalue weighted by molar-refractivity contribution is 4.93. The molecule has 1 aliphatic heterocycles. The van der Waals surface area contributed by atoms with Crippen molar-refractivity contribution < 1.29 is 25.2 Å². The lowest BCUT2D eigenvalue weighted by Crippen LogP contribution is -2.57. The van der Waals surface area contributed by atoms with Gasteiger partial charge >= 0.3 is 0 Å². The van der Waals surface area contributed by atoms with Crippen molar-refractivity contribution in [3.05, 3.63) is 10.4 Å². The number of hydrogen-bond acceptors (Lipinski definition) is 6. The van der Waals surface area contributed by atoms with Crippen molar-refractivity contribution in [2.75, 3.05) is 6.61 Å². The van der Waals surface area contributed by atoms with E-state index in [-0.39, 0.29) is 0 Å². The summed E-state index contributed by atoms with van der Waals surface area (Å²) in [6, 6.07) is -1.22. The topological polar surface area (TPSA) is 139 Å². The molecular formula is C6H11N3O5. The van der Waals surface area contributed by atoms with Crippen LogP contribution in [0.1, 0.15) is 0 Å². The minimum Gasteiger partial charge on any atom is -0.394 e. The number of rotatable bonds is 2. The molecule has 0 saturated carbocycles. The fraction of sp³-hybridized carbons (Fsp3) is 1.00. The molecule has 0 unspecified atom stereocenters. The molecule has 0 spiro atoms. The quantitative estimate of drug-likeness (QED) is 0.237. The van der Waals surface area contributed by atoms with Crippen molar-refractivity contribution >= 4 is 0 Å². The second-order valence-electron chi connectivity index (χ2n) is 2.92. The third kappa shape index (κ3) is 1.95. The average Bonchev–Trinajstić information content (AvgIpc) is 2.18. The lowest BCUT2D eigenvalue weighted by molar-refractivity contribution is -0.258. The summed E-state index contributed by atoms with van der Waals surface area (Å²) in [5, 5.41) is 39.7. The van der Waals surface area contributed by atoms with E-state index < -0.39 is 37.3 Å². The summed E-state index contributed by atoms with van der Waals surface area (Å²) in [5.74, 6) is 0. The molecule has 8 nitrogen and oxygen atoms in total. The fourth-order valence-corrected chi connectivity index (χ4v) is 1.28. The van der Waals surface area contributed by atoms with Crippen molar-refractivity contribution in [1.82, 2.24) is 0 Å². The Hall–Kier alpha value is -0.890. The lowest BCUT2D eigenvalue weighted by Gasteiger charge is -2.37. The molecule has 0 aromatic heterocycles. The van der Waals surface area contributed by atoms with Gasteiger partial charge in [0.1, 0.15) is 12.2 Å². The maximum atomic E-state index is 9.43. The molecule has 1 fully saturated rings. The van der Waals surface area contributed by atoms with Crippen LogP contribution in [0.15, 0.2) is 5.11 Å². The van der Waals surface area contributed by atoms with Gasteiger partial charge in [0, 0.05) is 4.91 Å². The predicted molar refractivity (Wildman–Crippen MR) is 42.9 cm³/mol. The Morgan fingerprint density at radius 2 is 1.93 bits per heavy atom. The third-order valence-corrected chi connectivity index (χ3v) is 2.05. The second kappa shape index (κ2) is 4.56. The summed E-state index contributed by atoms with van der Waals surface area (Å²) in [4.78, 5) is 2.42. The molecule has 0 aromatic rings. The Balaban J connectivity index is 2.82. The van der Waals surface area contributed by atoms with E-state index in [0.29, 0.717) is 0 Å². The van der Waals surface area contributed by atoms with Crippen LogP contribution in [-0.2, 0) is 4.74 Å². The maximum Gasteiger partial charge on any atom is 0.181 e. The number of aliphatic hydroxyl groups excluding tert-OH is 4. The van der Waals surface area contributed by atoms with Crippen molar-refractivity contribution in [1.29, 1.82) is 0 Å². The van der Waals surface area contributed by atoms with Gasteiger partial charge in [-0.1, -0.05) is 5.11 Å². The largest absolute Gasteiger partial charge is 0.394 e. The highest BCUT2D eigenvalue weighted by Gasteiger charge is 2.43. The molecule has 0 aromatic carbocycles. The molecule has 0 amide bonds. The highest BCUT2D eigenvalue weighted by atomic mass is 16.6. The van der Waals surface area contributed by atoms with Gasteiger partial charge in [0.05, 0.1) is 18.8 Å². The van der Waals surface area contributed by atoms with Gasteiger partial charge < -0.3 is 25.2 Å². The summed E-state index contributed by atoms with van der Waals surface area (Å²) in [6.07, 6.45) is -5.48. The summed E-state index contributed by atoms with van der Waals surface area (Å²) in [5.41, 5.74) is 8.15. The molecule has 1 rings (SSSR count). The lowest BCUT2D eigenvalue weighted by atomic mass is 9.97. The van der Waals surface area contributed by atoms with Crippen molar-refractivity contribution in [2.24, 2.45) is 5.11 Å². The van der Waals surface area contributed by atoms with Crippen LogP contribution in [0.5, 0.6) is 0 Å². The number of hydrogen-bond donors (Lipinski definition) is 4. The molecule has 0 aliphatic carbocycles. The normalized spacial score (nSPS) is 43.0. The first-order chi connectivity index (χ1) is 6.61. The maximum absolute atomic E-state index is 9.43. The van der Waals surface area contributed by atoms with E-state index in [1.54, 1.807) is 0 Å². The van der Waals surface area contributed by atoms with Crippen LogP contribution in [0, 0.1) is 0 Å². The van der Waals surface area contributed by atoms with Crippen LogP contribution < -0.4 is 0 Å². The summed E-state index contributed by atoms with van der Waals surface area (Å²) in [6.45, 7) is -0.539. The zero-order valence-corrected chi connectivity index (χ0v) is 7.13. The number of aliphatic hydroxyl groups is 4. The molecule has 4 N–H and O–H groups in total. The molecule has 8 heteroatoms. The Labute approximate surface area is 79.0 Å². The van der Waals surface area contributed by atoms with E-state index in [4.69, 9.17) is 15.7 Å². The smallest absolute Gasteiger partial charge is 0.181 e. The highest BCUT2D eigenvalue weighted by Crippen LogP contribution is 2.22. The van der Waals surface area contributed by atoms with Gasteiger partial charge in [0.2, 0.25) is 0 Å². The van der Waals surface area contributed by atoms with Crippen molar-refractivity contribution in [3.63, 3.8) is 0 Å². The second-order valence-corrected chi connectivity index (χ2v) is 2.92. The Bertz CT molecular complexity index is 244. The zero-order chi connectivity index (χ0) is 10.7. The van der Waals surface area contributed by atoms with Gasteiger partial charge in [-0.3, -0.25) is 0 Å².